The fourth-order valence-electron chi connectivity index (χ4n) is 5.79. The Balaban J connectivity index is 1.28. The summed E-state index contributed by atoms with van der Waals surface area (Å²) in [6, 6.07) is 25.5. The van der Waals surface area contributed by atoms with Crippen molar-refractivity contribution in [1.29, 1.82) is 0 Å². The van der Waals surface area contributed by atoms with Gasteiger partial charge in [-0.15, -0.1) is 0 Å². The second kappa shape index (κ2) is 11.7. The second-order valence-electron chi connectivity index (χ2n) is 10.6. The number of hydrogen-bond acceptors (Lipinski definition) is 4. The SMILES string of the molecule is O=C(O)c1cccc(-c2ccc(Cl)cc2COc2ccc(-c3nc4cc(C(=O)O)ccc4n3C3CCCCC3)cc2)c1. The van der Waals surface area contributed by atoms with Crippen molar-refractivity contribution in [2.24, 2.45) is 0 Å². The Kier molecular flexibility index (Phi) is 7.68. The lowest BCUT2D eigenvalue weighted by molar-refractivity contribution is 0.0686. The van der Waals surface area contributed by atoms with Crippen molar-refractivity contribution in [1.82, 2.24) is 9.55 Å². The first-order valence-electron chi connectivity index (χ1n) is 14.0. The van der Waals surface area contributed by atoms with E-state index in [4.69, 9.17) is 21.3 Å². The number of nitrogens with zero attached hydrogens (tertiary/aromatic N) is 2. The summed E-state index contributed by atoms with van der Waals surface area (Å²) >= 11 is 6.30. The lowest BCUT2D eigenvalue weighted by atomic mass is 9.95. The van der Waals surface area contributed by atoms with Gasteiger partial charge in [-0.1, -0.05) is 49.1 Å². The summed E-state index contributed by atoms with van der Waals surface area (Å²) in [6.07, 6.45) is 5.69. The van der Waals surface area contributed by atoms with Gasteiger partial charge < -0.3 is 19.5 Å². The normalized spacial score (nSPS) is 13.7. The van der Waals surface area contributed by atoms with Gasteiger partial charge in [0.2, 0.25) is 0 Å². The van der Waals surface area contributed by atoms with Crippen LogP contribution in [0.2, 0.25) is 5.02 Å². The van der Waals surface area contributed by atoms with Crippen LogP contribution >= 0.6 is 11.6 Å². The van der Waals surface area contributed by atoms with Crippen LogP contribution in [-0.2, 0) is 6.61 Å². The molecule has 0 aliphatic heterocycles. The molecule has 1 aliphatic carbocycles. The molecule has 5 aromatic rings. The molecule has 4 aromatic carbocycles. The number of halogens is 1. The van der Waals surface area contributed by atoms with E-state index in [1.807, 2.05) is 48.5 Å². The van der Waals surface area contributed by atoms with Crippen molar-refractivity contribution in [2.75, 3.05) is 0 Å². The topological polar surface area (TPSA) is 102 Å². The quantitative estimate of drug-likeness (QED) is 0.191. The summed E-state index contributed by atoms with van der Waals surface area (Å²) in [5.74, 6) is -0.466. The van der Waals surface area contributed by atoms with E-state index in [-0.39, 0.29) is 17.7 Å². The number of ether oxygens (including phenoxy) is 1. The van der Waals surface area contributed by atoms with Crippen LogP contribution in [0.25, 0.3) is 33.5 Å². The predicted molar refractivity (Wildman–Crippen MR) is 162 cm³/mol. The monoisotopic (exact) mass is 580 g/mol. The summed E-state index contributed by atoms with van der Waals surface area (Å²) in [4.78, 5) is 28.0. The van der Waals surface area contributed by atoms with Gasteiger partial charge in [0.25, 0.3) is 0 Å². The molecule has 2 N–H and O–H groups in total. The number of hydrogen-bond donors (Lipinski definition) is 2. The van der Waals surface area contributed by atoms with Crippen LogP contribution in [0, 0.1) is 0 Å². The number of benzene rings is 4. The molecule has 0 atom stereocenters. The van der Waals surface area contributed by atoms with Gasteiger partial charge >= 0.3 is 11.9 Å². The summed E-state index contributed by atoms with van der Waals surface area (Å²) in [5.41, 5.74) is 5.44. The molecule has 0 spiro atoms. The van der Waals surface area contributed by atoms with Crippen molar-refractivity contribution in [3.05, 3.63) is 107 Å². The Morgan fingerprint density at radius 3 is 2.31 bits per heavy atom. The molecule has 0 radical (unpaired) electrons. The molecule has 212 valence electrons. The minimum atomic E-state index is -0.983. The summed E-state index contributed by atoms with van der Waals surface area (Å²) in [5, 5.41) is 19.5. The van der Waals surface area contributed by atoms with Crippen LogP contribution < -0.4 is 4.74 Å². The Morgan fingerprint density at radius 2 is 1.57 bits per heavy atom. The molecule has 7 nitrogen and oxygen atoms in total. The molecule has 0 unspecified atom stereocenters. The Bertz CT molecular complexity index is 1790. The largest absolute Gasteiger partial charge is 0.489 e. The number of carbonyl (C=O) groups is 2. The molecule has 1 heterocycles. The number of rotatable bonds is 8. The van der Waals surface area contributed by atoms with Crippen LogP contribution in [-0.4, -0.2) is 31.7 Å². The van der Waals surface area contributed by atoms with Crippen LogP contribution in [0.4, 0.5) is 0 Å². The van der Waals surface area contributed by atoms with Crippen molar-refractivity contribution in [2.45, 2.75) is 44.8 Å². The van der Waals surface area contributed by atoms with Crippen LogP contribution in [0.3, 0.4) is 0 Å². The number of fused-ring (bicyclic) bond motifs is 1. The van der Waals surface area contributed by atoms with Gasteiger partial charge in [-0.25, -0.2) is 14.6 Å². The molecule has 0 bridgehead atoms. The van der Waals surface area contributed by atoms with Gasteiger partial charge in [0.1, 0.15) is 18.2 Å². The highest BCUT2D eigenvalue weighted by molar-refractivity contribution is 6.30. The van der Waals surface area contributed by atoms with Gasteiger partial charge in [-0.2, -0.15) is 0 Å². The third-order valence-electron chi connectivity index (χ3n) is 7.87. The zero-order valence-corrected chi connectivity index (χ0v) is 23.6. The van der Waals surface area contributed by atoms with Crippen molar-refractivity contribution >= 4 is 34.6 Å². The van der Waals surface area contributed by atoms with Crippen molar-refractivity contribution < 1.29 is 24.5 Å². The zero-order valence-electron chi connectivity index (χ0n) is 22.8. The first-order chi connectivity index (χ1) is 20.4. The Hall–Kier alpha value is -4.62. The highest BCUT2D eigenvalue weighted by atomic mass is 35.5. The van der Waals surface area contributed by atoms with Gasteiger partial charge in [0, 0.05) is 16.6 Å². The van der Waals surface area contributed by atoms with Gasteiger partial charge in [0.05, 0.1) is 22.2 Å². The molecule has 0 saturated heterocycles. The van der Waals surface area contributed by atoms with Crippen molar-refractivity contribution in [3.63, 3.8) is 0 Å². The molecular formula is C34H29ClN2O5. The number of carboxylic acids is 2. The van der Waals surface area contributed by atoms with E-state index in [0.29, 0.717) is 22.3 Å². The molecule has 1 fully saturated rings. The van der Waals surface area contributed by atoms with E-state index in [1.165, 1.54) is 6.42 Å². The third-order valence-corrected chi connectivity index (χ3v) is 8.11. The summed E-state index contributed by atoms with van der Waals surface area (Å²) in [7, 11) is 0. The molecular weight excluding hydrogens is 552 g/mol. The molecule has 1 aromatic heterocycles. The lowest BCUT2D eigenvalue weighted by Gasteiger charge is -2.25. The number of aromatic nitrogens is 2. The predicted octanol–water partition coefficient (Wildman–Crippen LogP) is 8.50. The smallest absolute Gasteiger partial charge is 0.335 e. The molecule has 42 heavy (non-hydrogen) atoms. The van der Waals surface area contributed by atoms with Gasteiger partial charge in [0.15, 0.2) is 0 Å². The first kappa shape index (κ1) is 27.5. The van der Waals surface area contributed by atoms with E-state index >= 15 is 0 Å². The average molecular weight is 581 g/mol. The Labute approximate surface area is 248 Å². The van der Waals surface area contributed by atoms with Crippen LogP contribution in [0.1, 0.15) is 64.4 Å². The fourth-order valence-corrected chi connectivity index (χ4v) is 5.98. The maximum Gasteiger partial charge on any atom is 0.335 e. The number of imidazole rings is 1. The highest BCUT2D eigenvalue weighted by Gasteiger charge is 2.23. The second-order valence-corrected chi connectivity index (χ2v) is 11.0. The maximum atomic E-state index is 11.6. The molecule has 0 amide bonds. The first-order valence-corrected chi connectivity index (χ1v) is 14.4. The summed E-state index contributed by atoms with van der Waals surface area (Å²) < 4.78 is 8.44. The lowest BCUT2D eigenvalue weighted by Crippen LogP contribution is -2.14. The highest BCUT2D eigenvalue weighted by Crippen LogP contribution is 2.37. The fraction of sp³-hybridized carbons (Fsp3) is 0.206. The van der Waals surface area contributed by atoms with E-state index < -0.39 is 11.9 Å². The number of carboxylic acid groups (broad SMARTS) is 2. The molecule has 1 saturated carbocycles. The van der Waals surface area contributed by atoms with E-state index in [0.717, 1.165) is 59.3 Å². The Morgan fingerprint density at radius 1 is 0.833 bits per heavy atom. The molecule has 8 heteroatoms. The number of aromatic carboxylic acids is 2. The minimum Gasteiger partial charge on any atom is -0.489 e. The van der Waals surface area contributed by atoms with Crippen LogP contribution in [0.5, 0.6) is 5.75 Å². The zero-order chi connectivity index (χ0) is 29.2. The van der Waals surface area contributed by atoms with Crippen molar-refractivity contribution in [3.8, 4) is 28.3 Å². The molecule has 6 rings (SSSR count). The third kappa shape index (κ3) is 5.60. The van der Waals surface area contributed by atoms with E-state index in [2.05, 4.69) is 4.57 Å². The van der Waals surface area contributed by atoms with E-state index in [9.17, 15) is 19.8 Å². The molecule has 1 aliphatic rings. The maximum absolute atomic E-state index is 11.6. The van der Waals surface area contributed by atoms with Gasteiger partial charge in [-0.05, 0) is 96.3 Å². The summed E-state index contributed by atoms with van der Waals surface area (Å²) in [6.45, 7) is 0.241. The minimum absolute atomic E-state index is 0.211. The van der Waals surface area contributed by atoms with E-state index in [1.54, 1.807) is 36.4 Å². The average Bonchev–Trinajstić information content (AvgIpc) is 3.39. The van der Waals surface area contributed by atoms with Gasteiger partial charge in [-0.3, -0.25) is 0 Å². The standard InChI is InChI=1S/C34H29ClN2O5/c35-26-12-15-29(22-5-4-6-23(17-22)33(38)39)25(18-26)20-42-28-13-9-21(10-14-28)32-36-30-19-24(34(40)41)11-16-31(30)37(32)27-7-2-1-3-8-27/h4-6,9-19,27H,1-3,7-8,20H2,(H,38,39)(H,40,41). The van der Waals surface area contributed by atoms with Crippen LogP contribution in [0.15, 0.2) is 84.9 Å².